The van der Waals surface area contributed by atoms with Crippen LogP contribution in [-0.4, -0.2) is 31.5 Å². The minimum Gasteiger partial charge on any atom is -0.357 e. The summed E-state index contributed by atoms with van der Waals surface area (Å²) in [6.45, 7) is 8.98. The molecule has 5 nitrogen and oxygen atoms in total. The van der Waals surface area contributed by atoms with Crippen LogP contribution in [0.2, 0.25) is 0 Å². The molecule has 0 unspecified atom stereocenters. The number of guanidine groups is 1. The highest BCUT2D eigenvalue weighted by molar-refractivity contribution is 14.0. The zero-order valence-corrected chi connectivity index (χ0v) is 17.4. The number of nitrogens with one attached hydrogen (secondary N) is 3. The van der Waals surface area contributed by atoms with Gasteiger partial charge in [0.25, 0.3) is 0 Å². The number of benzene rings is 1. The SMILES string of the molecule is CCCNC(=O)CCNC(=NCc1ccccc1CC)NCC.I. The van der Waals surface area contributed by atoms with Crippen molar-refractivity contribution in [1.29, 1.82) is 0 Å². The fourth-order valence-corrected chi connectivity index (χ4v) is 2.21. The van der Waals surface area contributed by atoms with Gasteiger partial charge in [-0.05, 0) is 30.9 Å². The first-order valence-corrected chi connectivity index (χ1v) is 8.56. The molecule has 1 aromatic carbocycles. The Morgan fingerprint density at radius 1 is 1.00 bits per heavy atom. The largest absolute Gasteiger partial charge is 0.357 e. The number of hydrogen-bond donors (Lipinski definition) is 3. The van der Waals surface area contributed by atoms with E-state index in [1.165, 1.54) is 11.1 Å². The van der Waals surface area contributed by atoms with Gasteiger partial charge in [-0.25, -0.2) is 4.99 Å². The molecule has 0 saturated heterocycles. The van der Waals surface area contributed by atoms with E-state index in [1.54, 1.807) is 0 Å². The molecule has 0 saturated carbocycles. The van der Waals surface area contributed by atoms with E-state index < -0.39 is 0 Å². The van der Waals surface area contributed by atoms with Crippen molar-refractivity contribution in [3.63, 3.8) is 0 Å². The predicted octanol–water partition coefficient (Wildman–Crippen LogP) is 2.84. The van der Waals surface area contributed by atoms with Crippen LogP contribution in [0.25, 0.3) is 0 Å². The van der Waals surface area contributed by atoms with Crippen LogP contribution in [0.3, 0.4) is 0 Å². The maximum absolute atomic E-state index is 11.6. The minimum absolute atomic E-state index is 0. The van der Waals surface area contributed by atoms with Crippen molar-refractivity contribution in [2.45, 2.75) is 46.6 Å². The highest BCUT2D eigenvalue weighted by atomic mass is 127. The molecule has 6 heteroatoms. The summed E-state index contributed by atoms with van der Waals surface area (Å²) in [7, 11) is 0. The van der Waals surface area contributed by atoms with Gasteiger partial charge >= 0.3 is 0 Å². The van der Waals surface area contributed by atoms with Gasteiger partial charge in [-0.3, -0.25) is 4.79 Å². The molecule has 0 fully saturated rings. The molecule has 0 aromatic heterocycles. The molecule has 3 N–H and O–H groups in total. The molecule has 24 heavy (non-hydrogen) atoms. The Hall–Kier alpha value is -1.31. The molecule has 0 bridgehead atoms. The van der Waals surface area contributed by atoms with Crippen LogP contribution in [0.5, 0.6) is 0 Å². The van der Waals surface area contributed by atoms with Gasteiger partial charge in [0, 0.05) is 26.1 Å². The van der Waals surface area contributed by atoms with Gasteiger partial charge in [0.15, 0.2) is 5.96 Å². The predicted molar refractivity (Wildman–Crippen MR) is 112 cm³/mol. The van der Waals surface area contributed by atoms with Gasteiger partial charge in [0.2, 0.25) is 5.91 Å². The minimum atomic E-state index is 0. The second-order valence-corrected chi connectivity index (χ2v) is 5.34. The van der Waals surface area contributed by atoms with E-state index in [9.17, 15) is 4.79 Å². The fourth-order valence-electron chi connectivity index (χ4n) is 2.21. The molecule has 0 heterocycles. The quantitative estimate of drug-likeness (QED) is 0.311. The smallest absolute Gasteiger partial charge is 0.221 e. The number of carbonyl (C=O) groups is 1. The third kappa shape index (κ3) is 9.10. The summed E-state index contributed by atoms with van der Waals surface area (Å²) >= 11 is 0. The second kappa shape index (κ2) is 14.1. The van der Waals surface area contributed by atoms with Crippen LogP contribution in [0.1, 0.15) is 44.7 Å². The van der Waals surface area contributed by atoms with E-state index in [0.29, 0.717) is 19.5 Å². The lowest BCUT2D eigenvalue weighted by Crippen LogP contribution is -2.39. The van der Waals surface area contributed by atoms with Gasteiger partial charge in [0.05, 0.1) is 6.54 Å². The number of nitrogens with zero attached hydrogens (tertiary/aromatic N) is 1. The van der Waals surface area contributed by atoms with Crippen molar-refractivity contribution in [2.75, 3.05) is 19.6 Å². The number of rotatable bonds is 9. The average Bonchev–Trinajstić information content (AvgIpc) is 2.58. The van der Waals surface area contributed by atoms with Crippen LogP contribution in [0.15, 0.2) is 29.3 Å². The molecule has 1 rings (SSSR count). The van der Waals surface area contributed by atoms with Crippen molar-refractivity contribution in [3.8, 4) is 0 Å². The summed E-state index contributed by atoms with van der Waals surface area (Å²) in [4.78, 5) is 16.2. The van der Waals surface area contributed by atoms with Gasteiger partial charge in [-0.1, -0.05) is 38.1 Å². The zero-order chi connectivity index (χ0) is 16.9. The van der Waals surface area contributed by atoms with Crippen molar-refractivity contribution in [3.05, 3.63) is 35.4 Å². The lowest BCUT2D eigenvalue weighted by molar-refractivity contribution is -0.120. The van der Waals surface area contributed by atoms with Gasteiger partial charge in [0.1, 0.15) is 0 Å². The van der Waals surface area contributed by atoms with E-state index in [2.05, 4.69) is 46.1 Å². The van der Waals surface area contributed by atoms with E-state index in [0.717, 1.165) is 31.9 Å². The van der Waals surface area contributed by atoms with Crippen molar-refractivity contribution in [1.82, 2.24) is 16.0 Å². The summed E-state index contributed by atoms with van der Waals surface area (Å²) in [6.07, 6.45) is 2.42. The third-order valence-electron chi connectivity index (χ3n) is 3.47. The van der Waals surface area contributed by atoms with Gasteiger partial charge < -0.3 is 16.0 Å². The standard InChI is InChI=1S/C18H30N4O.HI/c1-4-12-20-17(23)11-13-21-18(19-6-3)22-14-16-10-8-7-9-15(16)5-2;/h7-10H,4-6,11-14H2,1-3H3,(H,20,23)(H2,19,21,22);1H. The maximum atomic E-state index is 11.6. The Morgan fingerprint density at radius 3 is 2.33 bits per heavy atom. The number of carbonyl (C=O) groups excluding carboxylic acids is 1. The third-order valence-corrected chi connectivity index (χ3v) is 3.47. The average molecular weight is 446 g/mol. The lowest BCUT2D eigenvalue weighted by atomic mass is 10.1. The first-order chi connectivity index (χ1) is 11.2. The fraction of sp³-hybridized carbons (Fsp3) is 0.556. The van der Waals surface area contributed by atoms with Crippen LogP contribution < -0.4 is 16.0 Å². The summed E-state index contributed by atoms with van der Waals surface area (Å²) in [6, 6.07) is 8.36. The zero-order valence-electron chi connectivity index (χ0n) is 15.0. The molecule has 1 aromatic rings. The molecule has 0 aliphatic heterocycles. The summed E-state index contributed by atoms with van der Waals surface area (Å²) in [5.41, 5.74) is 2.57. The summed E-state index contributed by atoms with van der Waals surface area (Å²) < 4.78 is 0. The number of hydrogen-bond acceptors (Lipinski definition) is 2. The van der Waals surface area contributed by atoms with E-state index in [1.807, 2.05) is 19.9 Å². The van der Waals surface area contributed by atoms with Gasteiger partial charge in [-0.2, -0.15) is 0 Å². The van der Waals surface area contributed by atoms with E-state index in [4.69, 9.17) is 0 Å². The Balaban J connectivity index is 0.00000529. The second-order valence-electron chi connectivity index (χ2n) is 5.34. The van der Waals surface area contributed by atoms with Crippen LogP contribution in [0.4, 0.5) is 0 Å². The van der Waals surface area contributed by atoms with Crippen molar-refractivity contribution < 1.29 is 4.79 Å². The Labute approximate surface area is 163 Å². The Bertz CT molecular complexity index is 506. The number of amides is 1. The molecule has 0 aliphatic carbocycles. The Kier molecular flexibility index (Phi) is 13.3. The topological polar surface area (TPSA) is 65.5 Å². The number of aliphatic imine (C=N–C) groups is 1. The molecule has 136 valence electrons. The lowest BCUT2D eigenvalue weighted by Gasteiger charge is -2.12. The molecular weight excluding hydrogens is 415 g/mol. The summed E-state index contributed by atoms with van der Waals surface area (Å²) in [5.74, 6) is 0.827. The monoisotopic (exact) mass is 446 g/mol. The molecule has 0 radical (unpaired) electrons. The van der Waals surface area contributed by atoms with Gasteiger partial charge in [-0.15, -0.1) is 24.0 Å². The highest BCUT2D eigenvalue weighted by Gasteiger charge is 2.03. The van der Waals surface area contributed by atoms with E-state index >= 15 is 0 Å². The van der Waals surface area contributed by atoms with Crippen LogP contribution in [-0.2, 0) is 17.8 Å². The molecule has 0 atom stereocenters. The van der Waals surface area contributed by atoms with Crippen LogP contribution in [0, 0.1) is 0 Å². The number of halogens is 1. The molecular formula is C18H31IN4O. The first kappa shape index (κ1) is 22.7. The Morgan fingerprint density at radius 2 is 1.71 bits per heavy atom. The van der Waals surface area contributed by atoms with Crippen LogP contribution >= 0.6 is 24.0 Å². The number of aryl methyl sites for hydroxylation is 1. The van der Waals surface area contributed by atoms with Crippen molar-refractivity contribution >= 4 is 35.8 Å². The van der Waals surface area contributed by atoms with Crippen molar-refractivity contribution in [2.24, 2.45) is 4.99 Å². The first-order valence-electron chi connectivity index (χ1n) is 8.56. The highest BCUT2D eigenvalue weighted by Crippen LogP contribution is 2.10. The normalized spacial score (nSPS) is 10.7. The maximum Gasteiger partial charge on any atom is 0.221 e. The summed E-state index contributed by atoms with van der Waals surface area (Å²) in [5, 5.41) is 9.30. The molecule has 0 aliphatic rings. The molecule has 0 spiro atoms. The molecule has 1 amide bonds. The van der Waals surface area contributed by atoms with E-state index in [-0.39, 0.29) is 29.9 Å².